The first-order chi connectivity index (χ1) is 13.1. The van der Waals surface area contributed by atoms with Crippen molar-refractivity contribution in [2.75, 3.05) is 38.8 Å². The average Bonchev–Trinajstić information content (AvgIpc) is 2.66. The lowest BCUT2D eigenvalue weighted by molar-refractivity contribution is -0.119. The zero-order chi connectivity index (χ0) is 19.0. The van der Waals surface area contributed by atoms with Crippen LogP contribution in [0.5, 0.6) is 17.2 Å². The molecule has 0 fully saturated rings. The Morgan fingerprint density at radius 3 is 2.52 bits per heavy atom. The monoisotopic (exact) mass is 367 g/mol. The number of carbonyl (C=O) groups is 1. The van der Waals surface area contributed by atoms with E-state index in [1.165, 1.54) is 0 Å². The Morgan fingerprint density at radius 2 is 1.81 bits per heavy atom. The Hall–Kier alpha value is -2.69. The molecular formula is C22H25NO4. The first kappa shape index (κ1) is 17.7. The standard InChI is InChI=1S/C22H25NO4/c1-4-25-20-11-15(23(2)3)5-6-17(20)19-12-16(24)9-14-10-21-22(13-18(14)19)27-8-7-26-21/h5-6,10-11,13,19H,4,7-9,12H2,1-3H3/t19-/m1/s1. The van der Waals surface area contributed by atoms with Crippen LogP contribution in [-0.2, 0) is 11.2 Å². The Bertz CT molecular complexity index is 875. The van der Waals surface area contributed by atoms with E-state index >= 15 is 0 Å². The number of fused-ring (bicyclic) bond motifs is 2. The third-order valence-electron chi connectivity index (χ3n) is 5.19. The fraction of sp³-hybridized carbons (Fsp3) is 0.409. The molecule has 2 aromatic carbocycles. The Balaban J connectivity index is 1.82. The van der Waals surface area contributed by atoms with Crippen LogP contribution in [0.2, 0.25) is 0 Å². The molecule has 5 heteroatoms. The molecule has 2 aliphatic rings. The van der Waals surface area contributed by atoms with E-state index in [2.05, 4.69) is 24.3 Å². The minimum atomic E-state index is -0.0326. The summed E-state index contributed by atoms with van der Waals surface area (Å²) in [5.74, 6) is 2.55. The molecule has 0 bridgehead atoms. The topological polar surface area (TPSA) is 48.0 Å². The lowest BCUT2D eigenvalue weighted by Gasteiger charge is -2.29. The summed E-state index contributed by atoms with van der Waals surface area (Å²) in [6.07, 6.45) is 0.927. The second-order valence-electron chi connectivity index (χ2n) is 7.22. The van der Waals surface area contributed by atoms with E-state index in [-0.39, 0.29) is 11.7 Å². The van der Waals surface area contributed by atoms with Gasteiger partial charge in [0.05, 0.1) is 6.61 Å². The fourth-order valence-corrected chi connectivity index (χ4v) is 3.89. The molecule has 1 atom stereocenters. The Morgan fingerprint density at radius 1 is 1.07 bits per heavy atom. The van der Waals surface area contributed by atoms with Crippen molar-refractivity contribution in [3.05, 3.63) is 47.0 Å². The van der Waals surface area contributed by atoms with Crippen molar-refractivity contribution >= 4 is 11.5 Å². The van der Waals surface area contributed by atoms with E-state index in [0.717, 1.165) is 39.6 Å². The molecule has 5 nitrogen and oxygen atoms in total. The highest BCUT2D eigenvalue weighted by atomic mass is 16.6. The summed E-state index contributed by atoms with van der Waals surface area (Å²) in [7, 11) is 4.02. The van der Waals surface area contributed by atoms with Crippen molar-refractivity contribution in [3.8, 4) is 17.2 Å². The van der Waals surface area contributed by atoms with Gasteiger partial charge in [-0.3, -0.25) is 4.79 Å². The maximum atomic E-state index is 12.5. The molecule has 4 rings (SSSR count). The van der Waals surface area contributed by atoms with Crippen LogP contribution in [0.4, 0.5) is 5.69 Å². The van der Waals surface area contributed by atoms with Crippen molar-refractivity contribution in [3.63, 3.8) is 0 Å². The summed E-state index contributed by atoms with van der Waals surface area (Å²) < 4.78 is 17.4. The largest absolute Gasteiger partial charge is 0.493 e. The van der Waals surface area contributed by atoms with Gasteiger partial charge in [0.15, 0.2) is 11.5 Å². The molecule has 2 aromatic rings. The van der Waals surface area contributed by atoms with Gasteiger partial charge in [-0.15, -0.1) is 0 Å². The summed E-state index contributed by atoms with van der Waals surface area (Å²) in [5, 5.41) is 0. The zero-order valence-electron chi connectivity index (χ0n) is 16.1. The Labute approximate surface area is 159 Å². The summed E-state index contributed by atoms with van der Waals surface area (Å²) in [6, 6.07) is 10.2. The predicted molar refractivity (Wildman–Crippen MR) is 105 cm³/mol. The van der Waals surface area contributed by atoms with Gasteiger partial charge < -0.3 is 19.1 Å². The van der Waals surface area contributed by atoms with Gasteiger partial charge in [-0.1, -0.05) is 6.07 Å². The average molecular weight is 367 g/mol. The van der Waals surface area contributed by atoms with E-state index in [4.69, 9.17) is 14.2 Å². The summed E-state index contributed by atoms with van der Waals surface area (Å²) in [5.41, 5.74) is 4.29. The fourth-order valence-electron chi connectivity index (χ4n) is 3.89. The van der Waals surface area contributed by atoms with Gasteiger partial charge >= 0.3 is 0 Å². The molecule has 142 valence electrons. The second-order valence-corrected chi connectivity index (χ2v) is 7.22. The lowest BCUT2D eigenvalue weighted by atomic mass is 9.77. The van der Waals surface area contributed by atoms with E-state index < -0.39 is 0 Å². The van der Waals surface area contributed by atoms with Crippen LogP contribution >= 0.6 is 0 Å². The van der Waals surface area contributed by atoms with Gasteiger partial charge in [-0.25, -0.2) is 0 Å². The van der Waals surface area contributed by atoms with Gasteiger partial charge in [0.25, 0.3) is 0 Å². The van der Waals surface area contributed by atoms with Crippen LogP contribution in [0.15, 0.2) is 30.3 Å². The number of rotatable bonds is 4. The SMILES string of the molecule is CCOc1cc(N(C)C)ccc1[C@H]1CC(=O)Cc2cc3c(cc21)OCCO3. The predicted octanol–water partition coefficient (Wildman–Crippen LogP) is 3.57. The molecule has 27 heavy (non-hydrogen) atoms. The molecule has 0 unspecified atom stereocenters. The highest BCUT2D eigenvalue weighted by Gasteiger charge is 2.31. The molecule has 0 aromatic heterocycles. The van der Waals surface area contributed by atoms with Gasteiger partial charge in [0, 0.05) is 50.2 Å². The van der Waals surface area contributed by atoms with Crippen LogP contribution in [-0.4, -0.2) is 39.7 Å². The molecular weight excluding hydrogens is 342 g/mol. The van der Waals surface area contributed by atoms with E-state index in [1.807, 2.05) is 32.0 Å². The molecule has 0 saturated carbocycles. The summed E-state index contributed by atoms with van der Waals surface area (Å²) in [4.78, 5) is 14.6. The first-order valence-electron chi connectivity index (χ1n) is 9.45. The first-order valence-corrected chi connectivity index (χ1v) is 9.45. The number of carbonyl (C=O) groups excluding carboxylic acids is 1. The number of anilines is 1. The van der Waals surface area contributed by atoms with Crippen LogP contribution in [0.1, 0.15) is 36.0 Å². The van der Waals surface area contributed by atoms with Crippen molar-refractivity contribution in [1.29, 1.82) is 0 Å². The number of benzene rings is 2. The molecule has 1 heterocycles. The van der Waals surface area contributed by atoms with Crippen LogP contribution in [0, 0.1) is 0 Å². The highest BCUT2D eigenvalue weighted by Crippen LogP contribution is 2.44. The number of ether oxygens (including phenoxy) is 3. The van der Waals surface area contributed by atoms with Gasteiger partial charge in [0.1, 0.15) is 24.7 Å². The molecule has 0 radical (unpaired) electrons. The third kappa shape index (κ3) is 3.34. The molecule has 1 aliphatic carbocycles. The van der Waals surface area contributed by atoms with Gasteiger partial charge in [0.2, 0.25) is 0 Å². The highest BCUT2D eigenvalue weighted by molar-refractivity contribution is 5.85. The van der Waals surface area contributed by atoms with E-state index in [9.17, 15) is 4.79 Å². The van der Waals surface area contributed by atoms with Crippen molar-refractivity contribution < 1.29 is 19.0 Å². The number of nitrogens with zero attached hydrogens (tertiary/aromatic N) is 1. The van der Waals surface area contributed by atoms with Gasteiger partial charge in [-0.05, 0) is 36.2 Å². The van der Waals surface area contributed by atoms with Crippen molar-refractivity contribution in [1.82, 2.24) is 0 Å². The lowest BCUT2D eigenvalue weighted by Crippen LogP contribution is -2.22. The van der Waals surface area contributed by atoms with Crippen molar-refractivity contribution in [2.45, 2.75) is 25.7 Å². The minimum absolute atomic E-state index is 0.0326. The van der Waals surface area contributed by atoms with Gasteiger partial charge in [-0.2, -0.15) is 0 Å². The number of hydrogen-bond acceptors (Lipinski definition) is 5. The normalized spacial score (nSPS) is 18.0. The maximum absolute atomic E-state index is 12.5. The Kier molecular flexibility index (Phi) is 4.68. The van der Waals surface area contributed by atoms with Crippen molar-refractivity contribution in [2.24, 2.45) is 0 Å². The molecule has 1 aliphatic heterocycles. The smallest absolute Gasteiger partial charge is 0.161 e. The molecule has 0 N–H and O–H groups in total. The maximum Gasteiger partial charge on any atom is 0.161 e. The van der Waals surface area contributed by atoms with E-state index in [0.29, 0.717) is 32.7 Å². The quantitative estimate of drug-likeness (QED) is 0.827. The molecule has 0 amide bonds. The van der Waals surface area contributed by atoms with Crippen LogP contribution in [0.25, 0.3) is 0 Å². The van der Waals surface area contributed by atoms with E-state index in [1.54, 1.807) is 0 Å². The second kappa shape index (κ2) is 7.14. The zero-order valence-corrected chi connectivity index (χ0v) is 16.1. The number of Topliss-reactive ketones (excluding diaryl/α,β-unsaturated/α-hetero) is 1. The summed E-state index contributed by atoms with van der Waals surface area (Å²) >= 11 is 0. The van der Waals surface area contributed by atoms with Crippen LogP contribution < -0.4 is 19.1 Å². The van der Waals surface area contributed by atoms with Crippen LogP contribution in [0.3, 0.4) is 0 Å². The molecule has 0 saturated heterocycles. The third-order valence-corrected chi connectivity index (χ3v) is 5.19. The minimum Gasteiger partial charge on any atom is -0.493 e. The number of ketones is 1. The number of hydrogen-bond donors (Lipinski definition) is 0. The summed E-state index contributed by atoms with van der Waals surface area (Å²) in [6.45, 7) is 3.66. The molecule has 0 spiro atoms.